The molecule has 0 atom stereocenters. The van der Waals surface area contributed by atoms with Crippen LogP contribution in [0.4, 0.5) is 0 Å². The Labute approximate surface area is 107 Å². The van der Waals surface area contributed by atoms with E-state index in [1.165, 1.54) is 4.90 Å². The van der Waals surface area contributed by atoms with Gasteiger partial charge in [-0.3, -0.25) is 14.4 Å². The SMILES string of the molecule is CC(C)(C)C(=O)NCC(=O)N1CCCNC(=O)C1. The van der Waals surface area contributed by atoms with Gasteiger partial charge < -0.3 is 15.5 Å². The number of carbonyl (C=O) groups excluding carboxylic acids is 3. The molecule has 3 amide bonds. The molecule has 1 aliphatic heterocycles. The summed E-state index contributed by atoms with van der Waals surface area (Å²) in [6.07, 6.45) is 0.741. The summed E-state index contributed by atoms with van der Waals surface area (Å²) in [6, 6.07) is 0. The normalized spacial score (nSPS) is 16.8. The molecule has 6 heteroatoms. The van der Waals surface area contributed by atoms with Crippen molar-refractivity contribution in [1.29, 1.82) is 0 Å². The average molecular weight is 255 g/mol. The fourth-order valence-electron chi connectivity index (χ4n) is 1.55. The fraction of sp³-hybridized carbons (Fsp3) is 0.750. The molecule has 1 saturated heterocycles. The first kappa shape index (κ1) is 14.5. The maximum atomic E-state index is 11.9. The van der Waals surface area contributed by atoms with Crippen molar-refractivity contribution in [3.63, 3.8) is 0 Å². The van der Waals surface area contributed by atoms with E-state index in [1.54, 1.807) is 20.8 Å². The summed E-state index contributed by atoms with van der Waals surface area (Å²) in [5, 5.41) is 5.29. The van der Waals surface area contributed by atoms with Gasteiger partial charge in [0.1, 0.15) is 0 Å². The Morgan fingerprint density at radius 1 is 1.39 bits per heavy atom. The van der Waals surface area contributed by atoms with Gasteiger partial charge in [-0.25, -0.2) is 0 Å². The van der Waals surface area contributed by atoms with E-state index >= 15 is 0 Å². The minimum Gasteiger partial charge on any atom is -0.354 e. The molecular formula is C12H21N3O3. The fourth-order valence-corrected chi connectivity index (χ4v) is 1.55. The molecule has 0 aromatic rings. The van der Waals surface area contributed by atoms with Crippen molar-refractivity contribution in [2.45, 2.75) is 27.2 Å². The van der Waals surface area contributed by atoms with Crippen LogP contribution < -0.4 is 10.6 Å². The molecule has 0 spiro atoms. The summed E-state index contributed by atoms with van der Waals surface area (Å²) in [6.45, 7) is 6.51. The molecule has 0 saturated carbocycles. The third-order valence-electron chi connectivity index (χ3n) is 2.70. The van der Waals surface area contributed by atoms with Crippen LogP contribution in [0, 0.1) is 5.41 Å². The van der Waals surface area contributed by atoms with Crippen LogP contribution in [0.5, 0.6) is 0 Å². The molecular weight excluding hydrogens is 234 g/mol. The highest BCUT2D eigenvalue weighted by Crippen LogP contribution is 2.12. The zero-order valence-electron chi connectivity index (χ0n) is 11.2. The number of rotatable bonds is 2. The Morgan fingerprint density at radius 2 is 2.06 bits per heavy atom. The van der Waals surface area contributed by atoms with E-state index in [0.29, 0.717) is 13.1 Å². The minimum absolute atomic E-state index is 0.0522. The quantitative estimate of drug-likeness (QED) is 0.698. The van der Waals surface area contributed by atoms with Gasteiger partial charge in [-0.15, -0.1) is 0 Å². The van der Waals surface area contributed by atoms with Gasteiger partial charge in [-0.1, -0.05) is 20.8 Å². The lowest BCUT2D eigenvalue weighted by Crippen LogP contribution is -2.45. The zero-order chi connectivity index (χ0) is 13.8. The number of amides is 3. The Kier molecular flexibility index (Phi) is 4.69. The molecule has 0 aliphatic carbocycles. The van der Waals surface area contributed by atoms with Gasteiger partial charge in [-0.05, 0) is 6.42 Å². The molecule has 0 radical (unpaired) electrons. The van der Waals surface area contributed by atoms with E-state index in [1.807, 2.05) is 0 Å². The first-order valence-electron chi connectivity index (χ1n) is 6.13. The summed E-state index contributed by atoms with van der Waals surface area (Å²) in [5.74, 6) is -0.539. The molecule has 6 nitrogen and oxygen atoms in total. The van der Waals surface area contributed by atoms with E-state index in [0.717, 1.165) is 6.42 Å². The lowest BCUT2D eigenvalue weighted by Gasteiger charge is -2.21. The largest absolute Gasteiger partial charge is 0.354 e. The van der Waals surface area contributed by atoms with E-state index in [-0.39, 0.29) is 30.8 Å². The van der Waals surface area contributed by atoms with E-state index < -0.39 is 5.41 Å². The first-order valence-corrected chi connectivity index (χ1v) is 6.13. The van der Waals surface area contributed by atoms with Gasteiger partial charge in [-0.2, -0.15) is 0 Å². The predicted octanol–water partition coefficient (Wildman–Crippen LogP) is -0.503. The molecule has 0 aromatic carbocycles. The van der Waals surface area contributed by atoms with Gasteiger partial charge >= 0.3 is 0 Å². The van der Waals surface area contributed by atoms with Crippen molar-refractivity contribution in [2.75, 3.05) is 26.2 Å². The van der Waals surface area contributed by atoms with Gasteiger partial charge in [0, 0.05) is 18.5 Å². The van der Waals surface area contributed by atoms with Crippen molar-refractivity contribution in [3.05, 3.63) is 0 Å². The Balaban J connectivity index is 2.45. The van der Waals surface area contributed by atoms with Crippen LogP contribution in [0.3, 0.4) is 0 Å². The lowest BCUT2D eigenvalue weighted by atomic mass is 9.96. The highest BCUT2D eigenvalue weighted by atomic mass is 16.2. The second-order valence-electron chi connectivity index (χ2n) is 5.45. The predicted molar refractivity (Wildman–Crippen MR) is 66.7 cm³/mol. The van der Waals surface area contributed by atoms with Gasteiger partial charge in [0.05, 0.1) is 13.1 Å². The maximum Gasteiger partial charge on any atom is 0.242 e. The second kappa shape index (κ2) is 5.84. The first-order chi connectivity index (χ1) is 8.30. The summed E-state index contributed by atoms with van der Waals surface area (Å²) in [7, 11) is 0. The van der Waals surface area contributed by atoms with Crippen molar-refractivity contribution < 1.29 is 14.4 Å². The van der Waals surface area contributed by atoms with Crippen LogP contribution in [-0.2, 0) is 14.4 Å². The molecule has 18 heavy (non-hydrogen) atoms. The minimum atomic E-state index is -0.517. The van der Waals surface area contributed by atoms with E-state index in [9.17, 15) is 14.4 Å². The highest BCUT2D eigenvalue weighted by Gasteiger charge is 2.24. The molecule has 1 fully saturated rings. The van der Waals surface area contributed by atoms with Crippen LogP contribution >= 0.6 is 0 Å². The smallest absolute Gasteiger partial charge is 0.242 e. The van der Waals surface area contributed by atoms with E-state index in [4.69, 9.17) is 0 Å². The molecule has 1 aliphatic rings. The van der Waals surface area contributed by atoms with Crippen LogP contribution in [0.15, 0.2) is 0 Å². The van der Waals surface area contributed by atoms with Gasteiger partial charge in [0.25, 0.3) is 0 Å². The van der Waals surface area contributed by atoms with Crippen molar-refractivity contribution >= 4 is 17.7 Å². The van der Waals surface area contributed by atoms with Gasteiger partial charge in [0.2, 0.25) is 17.7 Å². The van der Waals surface area contributed by atoms with Gasteiger partial charge in [0.15, 0.2) is 0 Å². The lowest BCUT2D eigenvalue weighted by molar-refractivity contribution is -0.137. The number of hydrogen-bond acceptors (Lipinski definition) is 3. The third-order valence-corrected chi connectivity index (χ3v) is 2.70. The summed E-state index contributed by atoms with van der Waals surface area (Å²) in [5.41, 5.74) is -0.517. The standard InChI is InChI=1S/C12H21N3O3/c1-12(2,3)11(18)14-7-10(17)15-6-4-5-13-9(16)8-15/h4-8H2,1-3H3,(H,13,16)(H,14,18). The van der Waals surface area contributed by atoms with Crippen molar-refractivity contribution in [3.8, 4) is 0 Å². The molecule has 102 valence electrons. The van der Waals surface area contributed by atoms with Crippen LogP contribution in [0.1, 0.15) is 27.2 Å². The second-order valence-corrected chi connectivity index (χ2v) is 5.45. The Hall–Kier alpha value is -1.59. The van der Waals surface area contributed by atoms with Crippen molar-refractivity contribution in [1.82, 2.24) is 15.5 Å². The highest BCUT2D eigenvalue weighted by molar-refractivity contribution is 5.89. The Morgan fingerprint density at radius 3 is 2.67 bits per heavy atom. The third kappa shape index (κ3) is 4.35. The van der Waals surface area contributed by atoms with Crippen LogP contribution in [0.25, 0.3) is 0 Å². The zero-order valence-corrected chi connectivity index (χ0v) is 11.2. The van der Waals surface area contributed by atoms with Crippen molar-refractivity contribution in [2.24, 2.45) is 5.41 Å². The monoisotopic (exact) mass is 255 g/mol. The molecule has 1 rings (SSSR count). The van der Waals surface area contributed by atoms with E-state index in [2.05, 4.69) is 10.6 Å². The molecule has 0 unspecified atom stereocenters. The number of carbonyl (C=O) groups is 3. The average Bonchev–Trinajstić information content (AvgIpc) is 2.48. The molecule has 1 heterocycles. The molecule has 2 N–H and O–H groups in total. The number of hydrogen-bond donors (Lipinski definition) is 2. The Bertz CT molecular complexity index is 347. The molecule has 0 aromatic heterocycles. The number of nitrogens with zero attached hydrogens (tertiary/aromatic N) is 1. The van der Waals surface area contributed by atoms with Crippen LogP contribution in [-0.4, -0.2) is 48.8 Å². The summed E-state index contributed by atoms with van der Waals surface area (Å²) < 4.78 is 0. The van der Waals surface area contributed by atoms with Crippen LogP contribution in [0.2, 0.25) is 0 Å². The molecule has 0 bridgehead atoms. The topological polar surface area (TPSA) is 78.5 Å². The summed E-state index contributed by atoms with van der Waals surface area (Å²) in [4.78, 5) is 36.3. The maximum absolute atomic E-state index is 11.9. The summed E-state index contributed by atoms with van der Waals surface area (Å²) >= 11 is 0. The number of nitrogens with one attached hydrogen (secondary N) is 2.